The van der Waals surface area contributed by atoms with Crippen LogP contribution in [0.2, 0.25) is 0 Å². The molecule has 0 amide bonds. The molecule has 0 radical (unpaired) electrons. The van der Waals surface area contributed by atoms with Gasteiger partial charge in [-0.25, -0.2) is 0 Å². The molecule has 1 heterocycles. The molecule has 19 heavy (non-hydrogen) atoms. The highest BCUT2D eigenvalue weighted by Gasteiger charge is 2.17. The van der Waals surface area contributed by atoms with E-state index in [1.807, 2.05) is 13.1 Å². The van der Waals surface area contributed by atoms with E-state index in [0.29, 0.717) is 0 Å². The average molecular weight is 259 g/mol. The summed E-state index contributed by atoms with van der Waals surface area (Å²) in [6.07, 6.45) is 3.10. The van der Waals surface area contributed by atoms with E-state index in [1.54, 1.807) is 0 Å². The molecule has 1 aromatic rings. The van der Waals surface area contributed by atoms with E-state index in [0.717, 1.165) is 18.8 Å². The van der Waals surface area contributed by atoms with Crippen LogP contribution in [0, 0.1) is 6.92 Å². The lowest BCUT2D eigenvalue weighted by atomic mass is 10.1. The lowest BCUT2D eigenvalue weighted by Crippen LogP contribution is -2.46. The second-order valence-corrected chi connectivity index (χ2v) is 5.19. The van der Waals surface area contributed by atoms with Gasteiger partial charge in [-0.05, 0) is 50.6 Å². The number of hydrogen-bond donors (Lipinski definition) is 0. The van der Waals surface area contributed by atoms with E-state index < -0.39 is 0 Å². The molecule has 0 aromatic heterocycles. The summed E-state index contributed by atoms with van der Waals surface area (Å²) in [5, 5.41) is 0. The zero-order valence-electron chi connectivity index (χ0n) is 12.4. The topological polar surface area (TPSA) is 18.8 Å². The van der Waals surface area contributed by atoms with Crippen molar-refractivity contribution in [2.24, 2.45) is 4.99 Å². The van der Waals surface area contributed by atoms with Crippen LogP contribution in [0.1, 0.15) is 25.8 Å². The van der Waals surface area contributed by atoms with Crippen LogP contribution in [0.4, 0.5) is 11.4 Å². The Morgan fingerprint density at radius 1 is 1.21 bits per heavy atom. The monoisotopic (exact) mass is 259 g/mol. The molecule has 1 aromatic carbocycles. The fraction of sp³-hybridized carbons (Fsp3) is 0.562. The molecule has 1 aliphatic rings. The number of piperazine rings is 1. The number of rotatable bonds is 4. The Labute approximate surface area is 116 Å². The van der Waals surface area contributed by atoms with Crippen molar-refractivity contribution in [1.29, 1.82) is 0 Å². The molecule has 0 saturated carbocycles. The lowest BCUT2D eigenvalue weighted by molar-refractivity contribution is 0.258. The molecule has 2 rings (SSSR count). The van der Waals surface area contributed by atoms with E-state index >= 15 is 0 Å². The van der Waals surface area contributed by atoms with Gasteiger partial charge in [0.2, 0.25) is 0 Å². The number of benzene rings is 1. The van der Waals surface area contributed by atoms with Gasteiger partial charge in [-0.2, -0.15) is 0 Å². The van der Waals surface area contributed by atoms with Crippen LogP contribution in [0.5, 0.6) is 0 Å². The maximum atomic E-state index is 4.34. The Hall–Kier alpha value is -1.35. The largest absolute Gasteiger partial charge is 0.369 e. The fourth-order valence-corrected chi connectivity index (χ4v) is 2.75. The summed E-state index contributed by atoms with van der Waals surface area (Å²) in [4.78, 5) is 9.40. The Morgan fingerprint density at radius 2 is 1.95 bits per heavy atom. The summed E-state index contributed by atoms with van der Waals surface area (Å²) >= 11 is 0. The van der Waals surface area contributed by atoms with Gasteiger partial charge >= 0.3 is 0 Å². The Bertz CT molecular complexity index is 432. The molecule has 0 spiro atoms. The summed E-state index contributed by atoms with van der Waals surface area (Å²) in [7, 11) is 0. The van der Waals surface area contributed by atoms with Gasteiger partial charge in [0.15, 0.2) is 0 Å². The van der Waals surface area contributed by atoms with Crippen LogP contribution < -0.4 is 4.90 Å². The van der Waals surface area contributed by atoms with Crippen LogP contribution in [0.15, 0.2) is 23.2 Å². The van der Waals surface area contributed by atoms with Crippen LogP contribution in [0.3, 0.4) is 0 Å². The predicted octanol–water partition coefficient (Wildman–Crippen LogP) is 3.25. The van der Waals surface area contributed by atoms with Crippen molar-refractivity contribution in [3.63, 3.8) is 0 Å². The quantitative estimate of drug-likeness (QED) is 0.773. The van der Waals surface area contributed by atoms with Crippen molar-refractivity contribution in [3.8, 4) is 0 Å². The third-order valence-electron chi connectivity index (χ3n) is 3.71. The first kappa shape index (κ1) is 14.1. The van der Waals surface area contributed by atoms with Crippen molar-refractivity contribution in [3.05, 3.63) is 23.8 Å². The first-order valence-corrected chi connectivity index (χ1v) is 7.31. The molecule has 3 nitrogen and oxygen atoms in total. The molecule has 0 unspecified atom stereocenters. The summed E-state index contributed by atoms with van der Waals surface area (Å²) < 4.78 is 0. The smallest absolute Gasteiger partial charge is 0.0629 e. The first-order chi connectivity index (χ1) is 9.24. The van der Waals surface area contributed by atoms with Gasteiger partial charge in [0.05, 0.1) is 5.69 Å². The van der Waals surface area contributed by atoms with Crippen LogP contribution in [-0.4, -0.2) is 43.8 Å². The van der Waals surface area contributed by atoms with Gasteiger partial charge in [-0.15, -0.1) is 0 Å². The minimum absolute atomic E-state index is 1.05. The SMILES string of the molecule is CC=Nc1ccc(N2CCN(CCC)CC2)c(C)c1. The number of nitrogens with zero attached hydrogens (tertiary/aromatic N) is 3. The standard InChI is InChI=1S/C16H25N3/c1-4-8-18-9-11-19(12-10-18)16-7-6-15(17-5-2)13-14(16)3/h5-7,13H,4,8-12H2,1-3H3. The van der Waals surface area contributed by atoms with E-state index in [1.165, 1.54) is 37.3 Å². The summed E-state index contributed by atoms with van der Waals surface area (Å²) in [5.74, 6) is 0. The molecule has 0 bridgehead atoms. The minimum atomic E-state index is 1.05. The average Bonchev–Trinajstić information content (AvgIpc) is 2.41. The second-order valence-electron chi connectivity index (χ2n) is 5.19. The fourth-order valence-electron chi connectivity index (χ4n) is 2.75. The normalized spacial score (nSPS) is 17.3. The molecule has 0 aliphatic carbocycles. The van der Waals surface area contributed by atoms with Gasteiger partial charge in [0, 0.05) is 38.1 Å². The Morgan fingerprint density at radius 3 is 2.53 bits per heavy atom. The van der Waals surface area contributed by atoms with Gasteiger partial charge in [0.25, 0.3) is 0 Å². The van der Waals surface area contributed by atoms with Crippen LogP contribution in [0.25, 0.3) is 0 Å². The van der Waals surface area contributed by atoms with E-state index in [4.69, 9.17) is 0 Å². The van der Waals surface area contributed by atoms with Crippen molar-refractivity contribution >= 4 is 17.6 Å². The minimum Gasteiger partial charge on any atom is -0.369 e. The number of aryl methyl sites for hydroxylation is 1. The van der Waals surface area contributed by atoms with Crippen molar-refractivity contribution in [1.82, 2.24) is 4.90 Å². The lowest BCUT2D eigenvalue weighted by Gasteiger charge is -2.36. The van der Waals surface area contributed by atoms with Gasteiger partial charge in [-0.3, -0.25) is 9.89 Å². The molecule has 1 saturated heterocycles. The molecule has 1 aliphatic heterocycles. The summed E-state index contributed by atoms with van der Waals surface area (Å²) in [5.41, 5.74) is 3.74. The van der Waals surface area contributed by atoms with Crippen molar-refractivity contribution in [2.45, 2.75) is 27.2 Å². The molecular weight excluding hydrogens is 234 g/mol. The number of anilines is 1. The highest BCUT2D eigenvalue weighted by Crippen LogP contribution is 2.25. The highest BCUT2D eigenvalue weighted by atomic mass is 15.3. The predicted molar refractivity (Wildman–Crippen MR) is 83.9 cm³/mol. The maximum absolute atomic E-state index is 4.34. The molecule has 0 atom stereocenters. The molecule has 1 fully saturated rings. The summed E-state index contributed by atoms with van der Waals surface area (Å²) in [6, 6.07) is 6.50. The van der Waals surface area contributed by atoms with E-state index in [9.17, 15) is 0 Å². The van der Waals surface area contributed by atoms with Gasteiger partial charge in [0.1, 0.15) is 0 Å². The first-order valence-electron chi connectivity index (χ1n) is 7.31. The second kappa shape index (κ2) is 6.71. The number of aliphatic imine (C=N–C) groups is 1. The molecule has 0 N–H and O–H groups in total. The van der Waals surface area contributed by atoms with Crippen LogP contribution in [-0.2, 0) is 0 Å². The third-order valence-corrected chi connectivity index (χ3v) is 3.71. The zero-order chi connectivity index (χ0) is 13.7. The van der Waals surface area contributed by atoms with Gasteiger partial charge < -0.3 is 4.90 Å². The summed E-state index contributed by atoms with van der Waals surface area (Å²) in [6.45, 7) is 12.3. The molecule has 3 heteroatoms. The molecule has 104 valence electrons. The molecular formula is C16H25N3. The van der Waals surface area contributed by atoms with E-state index in [2.05, 4.69) is 46.8 Å². The Kier molecular flexibility index (Phi) is 4.97. The van der Waals surface area contributed by atoms with Crippen molar-refractivity contribution in [2.75, 3.05) is 37.6 Å². The van der Waals surface area contributed by atoms with E-state index in [-0.39, 0.29) is 0 Å². The van der Waals surface area contributed by atoms with Gasteiger partial charge in [-0.1, -0.05) is 6.92 Å². The van der Waals surface area contributed by atoms with Crippen LogP contribution >= 0.6 is 0 Å². The zero-order valence-corrected chi connectivity index (χ0v) is 12.4. The third kappa shape index (κ3) is 3.57. The highest BCUT2D eigenvalue weighted by molar-refractivity contribution is 5.64. The van der Waals surface area contributed by atoms with Crippen molar-refractivity contribution < 1.29 is 0 Å². The maximum Gasteiger partial charge on any atom is 0.0629 e. The Balaban J connectivity index is 2.03. The number of hydrogen-bond acceptors (Lipinski definition) is 3.